The lowest BCUT2D eigenvalue weighted by molar-refractivity contribution is 0.669. The summed E-state index contributed by atoms with van der Waals surface area (Å²) >= 11 is 0. The Kier molecular flexibility index (Phi) is 7.91. The van der Waals surface area contributed by atoms with Gasteiger partial charge < -0.3 is 13.9 Å². The second kappa shape index (κ2) is 14.1. The first-order valence-corrected chi connectivity index (χ1v) is 21.6. The fourth-order valence-electron chi connectivity index (χ4n) is 10.1. The number of nitrogens with zero attached hydrogens (tertiary/aromatic N) is 2. The zero-order chi connectivity index (χ0) is 41.4. The van der Waals surface area contributed by atoms with E-state index in [9.17, 15) is 0 Å². The average molecular weight is 803 g/mol. The van der Waals surface area contributed by atoms with Gasteiger partial charge in [-0.15, -0.1) is 0 Å². The Morgan fingerprint density at radius 1 is 0.333 bits per heavy atom. The zero-order valence-electron chi connectivity index (χ0n) is 34.2. The van der Waals surface area contributed by atoms with Crippen LogP contribution in [0.4, 0.5) is 17.1 Å². The molecule has 0 saturated heterocycles. The lowest BCUT2D eigenvalue weighted by Crippen LogP contribution is -2.10. The summed E-state index contributed by atoms with van der Waals surface area (Å²) in [6.45, 7) is 0. The lowest BCUT2D eigenvalue weighted by atomic mass is 9.88. The Bertz CT molecular complexity index is 3900. The van der Waals surface area contributed by atoms with Gasteiger partial charge in [-0.05, 0) is 116 Å². The number of furan rings is 1. The molecule has 2 aromatic heterocycles. The van der Waals surface area contributed by atoms with Crippen LogP contribution < -0.4 is 4.90 Å². The predicted octanol–water partition coefficient (Wildman–Crippen LogP) is 16.9. The van der Waals surface area contributed by atoms with Gasteiger partial charge >= 0.3 is 0 Å². The van der Waals surface area contributed by atoms with Crippen molar-refractivity contribution in [2.75, 3.05) is 4.90 Å². The summed E-state index contributed by atoms with van der Waals surface area (Å²) < 4.78 is 9.22. The third-order valence-corrected chi connectivity index (χ3v) is 12.9. The Morgan fingerprint density at radius 3 is 1.71 bits per heavy atom. The highest BCUT2D eigenvalue weighted by atomic mass is 16.3. The molecule has 294 valence electrons. The standard InChI is InChI=1S/C60H38N2O/c1-2-14-39(15-3-1)41-26-29-44(30-27-41)61(47-31-28-40-16-4-5-17-42(40)36-47)45-32-34-46(35-33-45)62-54-24-12-10-22-51(54)58-55(62)38-57-59(52-23-11-13-25-56(52)63-57)60(58)53-37-43-18-6-7-19-48(43)49-20-8-9-21-50(49)53/h1-38H. The van der Waals surface area contributed by atoms with Crippen LogP contribution >= 0.6 is 0 Å². The Morgan fingerprint density at radius 2 is 0.921 bits per heavy atom. The Balaban J connectivity index is 1.04. The van der Waals surface area contributed by atoms with Crippen LogP contribution in [0.2, 0.25) is 0 Å². The molecule has 11 aromatic carbocycles. The molecule has 0 radical (unpaired) electrons. The second-order valence-electron chi connectivity index (χ2n) is 16.5. The summed E-state index contributed by atoms with van der Waals surface area (Å²) in [4.78, 5) is 2.36. The van der Waals surface area contributed by atoms with Crippen molar-refractivity contribution in [2.24, 2.45) is 0 Å². The molecule has 2 heterocycles. The van der Waals surface area contributed by atoms with Crippen LogP contribution in [0.5, 0.6) is 0 Å². The summed E-state index contributed by atoms with van der Waals surface area (Å²) in [6.07, 6.45) is 0. The van der Waals surface area contributed by atoms with Gasteiger partial charge in [-0.3, -0.25) is 0 Å². The van der Waals surface area contributed by atoms with E-state index in [1.54, 1.807) is 0 Å². The van der Waals surface area contributed by atoms with E-state index in [2.05, 4.69) is 240 Å². The van der Waals surface area contributed by atoms with Gasteiger partial charge in [0.1, 0.15) is 11.2 Å². The molecule has 0 aliphatic heterocycles. The number of rotatable bonds is 6. The van der Waals surface area contributed by atoms with E-state index in [1.165, 1.54) is 65.3 Å². The maximum Gasteiger partial charge on any atom is 0.138 e. The molecule has 0 spiro atoms. The Labute approximate surface area is 363 Å². The van der Waals surface area contributed by atoms with Crippen LogP contribution in [0.15, 0.2) is 235 Å². The molecule has 0 atom stereocenters. The minimum Gasteiger partial charge on any atom is -0.456 e. The van der Waals surface area contributed by atoms with Gasteiger partial charge in [0.2, 0.25) is 0 Å². The topological polar surface area (TPSA) is 21.3 Å². The molecule has 0 bridgehead atoms. The molecule has 0 amide bonds. The van der Waals surface area contributed by atoms with E-state index in [-0.39, 0.29) is 0 Å². The van der Waals surface area contributed by atoms with Crippen molar-refractivity contribution in [3.05, 3.63) is 231 Å². The van der Waals surface area contributed by atoms with E-state index < -0.39 is 0 Å². The second-order valence-corrected chi connectivity index (χ2v) is 16.5. The summed E-state index contributed by atoms with van der Waals surface area (Å²) in [5.74, 6) is 0. The number of anilines is 3. The molecule has 0 N–H and O–H groups in total. The fourth-order valence-corrected chi connectivity index (χ4v) is 10.1. The fraction of sp³-hybridized carbons (Fsp3) is 0. The molecule has 63 heavy (non-hydrogen) atoms. The SMILES string of the molecule is c1ccc(-c2ccc(N(c3ccc(-n4c5ccccc5c5c(-c6cc7ccccc7c7ccccc67)c6c(cc54)oc4ccccc46)cc3)c3ccc4ccccc4c3)cc2)cc1. The first kappa shape index (κ1) is 35.4. The number of hydrogen-bond acceptors (Lipinski definition) is 2. The highest BCUT2D eigenvalue weighted by Gasteiger charge is 2.24. The van der Waals surface area contributed by atoms with E-state index >= 15 is 0 Å². The minimum absolute atomic E-state index is 0.873. The van der Waals surface area contributed by atoms with Crippen molar-refractivity contribution in [3.8, 4) is 27.9 Å². The van der Waals surface area contributed by atoms with Gasteiger partial charge in [0, 0.05) is 55.9 Å². The van der Waals surface area contributed by atoms with Gasteiger partial charge in [-0.2, -0.15) is 0 Å². The molecule has 0 unspecified atom stereocenters. The van der Waals surface area contributed by atoms with Crippen molar-refractivity contribution in [1.82, 2.24) is 4.57 Å². The molecule has 3 nitrogen and oxygen atoms in total. The van der Waals surface area contributed by atoms with E-state index in [1.807, 2.05) is 0 Å². The van der Waals surface area contributed by atoms with Gasteiger partial charge in [0.15, 0.2) is 0 Å². The predicted molar refractivity (Wildman–Crippen MR) is 266 cm³/mol. The summed E-state index contributed by atoms with van der Waals surface area (Å²) in [5.41, 5.74) is 13.1. The van der Waals surface area contributed by atoms with E-state index in [4.69, 9.17) is 4.42 Å². The number of para-hydroxylation sites is 2. The normalized spacial score (nSPS) is 11.8. The number of fused-ring (bicyclic) bond motifs is 10. The van der Waals surface area contributed by atoms with Gasteiger partial charge in [-0.1, -0.05) is 158 Å². The zero-order valence-corrected chi connectivity index (χ0v) is 34.2. The lowest BCUT2D eigenvalue weighted by Gasteiger charge is -2.26. The van der Waals surface area contributed by atoms with Crippen molar-refractivity contribution in [1.29, 1.82) is 0 Å². The van der Waals surface area contributed by atoms with Crippen LogP contribution in [-0.4, -0.2) is 4.57 Å². The highest BCUT2D eigenvalue weighted by molar-refractivity contribution is 6.30. The van der Waals surface area contributed by atoms with Crippen molar-refractivity contribution in [3.63, 3.8) is 0 Å². The van der Waals surface area contributed by atoms with Gasteiger partial charge in [0.05, 0.1) is 11.0 Å². The molecule has 3 heteroatoms. The summed E-state index contributed by atoms with van der Waals surface area (Å²) in [6, 6.07) is 83.4. The van der Waals surface area contributed by atoms with Gasteiger partial charge in [0.25, 0.3) is 0 Å². The van der Waals surface area contributed by atoms with Crippen LogP contribution in [0.3, 0.4) is 0 Å². The van der Waals surface area contributed by atoms with Crippen molar-refractivity contribution in [2.45, 2.75) is 0 Å². The minimum atomic E-state index is 0.873. The molecular formula is C60H38N2O. The molecule has 0 saturated carbocycles. The maximum atomic E-state index is 6.80. The molecule has 0 aliphatic carbocycles. The van der Waals surface area contributed by atoms with E-state index in [0.29, 0.717) is 0 Å². The smallest absolute Gasteiger partial charge is 0.138 e. The summed E-state index contributed by atoms with van der Waals surface area (Å²) in [5, 5.41) is 12.0. The number of benzene rings is 11. The number of aromatic nitrogens is 1. The number of hydrogen-bond donors (Lipinski definition) is 0. The van der Waals surface area contributed by atoms with Crippen molar-refractivity contribution < 1.29 is 4.42 Å². The highest BCUT2D eigenvalue weighted by Crippen LogP contribution is 2.49. The quantitative estimate of drug-likeness (QED) is 0.156. The maximum absolute atomic E-state index is 6.80. The molecule has 13 aromatic rings. The molecule has 0 aliphatic rings. The average Bonchev–Trinajstić information content (AvgIpc) is 3.89. The molecule has 0 fully saturated rings. The largest absolute Gasteiger partial charge is 0.456 e. The van der Waals surface area contributed by atoms with E-state index in [0.717, 1.165) is 55.7 Å². The van der Waals surface area contributed by atoms with Crippen LogP contribution in [0, 0.1) is 0 Å². The van der Waals surface area contributed by atoms with Crippen LogP contribution in [0.1, 0.15) is 0 Å². The molecule has 13 rings (SSSR count). The van der Waals surface area contributed by atoms with Crippen molar-refractivity contribution >= 4 is 93.1 Å². The Hall–Kier alpha value is -8.40. The van der Waals surface area contributed by atoms with Gasteiger partial charge in [-0.25, -0.2) is 0 Å². The molecular weight excluding hydrogens is 765 g/mol. The van der Waals surface area contributed by atoms with Crippen LogP contribution in [0.25, 0.3) is 104 Å². The first-order chi connectivity index (χ1) is 31.2. The monoisotopic (exact) mass is 802 g/mol. The third-order valence-electron chi connectivity index (χ3n) is 12.9. The third kappa shape index (κ3) is 5.60. The summed E-state index contributed by atoms with van der Waals surface area (Å²) in [7, 11) is 0. The van der Waals surface area contributed by atoms with Crippen LogP contribution in [-0.2, 0) is 0 Å². The first-order valence-electron chi connectivity index (χ1n) is 21.6.